The number of carbonyl (C=O) groups excluding carboxylic acids is 2. The molecule has 0 saturated heterocycles. The summed E-state index contributed by atoms with van der Waals surface area (Å²) in [6, 6.07) is 19.7. The molecule has 3 N–H and O–H groups in total. The SMILES string of the molecule is COc1cc(/C=N\NC(=O)CNc2ccc(C)c(C)c2)ccc1OCC(=O)Nc1ccc(C23CC4CC(CC(C4)C2)C3)cc1. The van der Waals surface area contributed by atoms with E-state index in [1.54, 1.807) is 18.2 Å². The van der Waals surface area contributed by atoms with E-state index in [0.29, 0.717) is 22.5 Å². The Labute approximate surface area is 259 Å². The number of rotatable bonds is 11. The van der Waals surface area contributed by atoms with Crippen molar-refractivity contribution in [1.82, 2.24) is 5.43 Å². The summed E-state index contributed by atoms with van der Waals surface area (Å²) in [4.78, 5) is 24.9. The lowest BCUT2D eigenvalue weighted by Gasteiger charge is -2.57. The summed E-state index contributed by atoms with van der Waals surface area (Å²) in [7, 11) is 1.54. The maximum absolute atomic E-state index is 12.7. The van der Waals surface area contributed by atoms with Gasteiger partial charge in [-0.1, -0.05) is 18.2 Å². The lowest BCUT2D eigenvalue weighted by molar-refractivity contribution is -0.119. The molecule has 3 aromatic rings. The Hall–Kier alpha value is -4.33. The van der Waals surface area contributed by atoms with Crippen molar-refractivity contribution in [3.05, 3.63) is 82.9 Å². The van der Waals surface area contributed by atoms with E-state index < -0.39 is 0 Å². The molecule has 8 nitrogen and oxygen atoms in total. The maximum Gasteiger partial charge on any atom is 0.262 e. The van der Waals surface area contributed by atoms with Crippen LogP contribution in [0.3, 0.4) is 0 Å². The molecular weight excluding hydrogens is 552 g/mol. The molecule has 0 radical (unpaired) electrons. The molecule has 0 aromatic heterocycles. The molecule has 230 valence electrons. The van der Waals surface area contributed by atoms with Gasteiger partial charge in [0.25, 0.3) is 11.8 Å². The summed E-state index contributed by atoms with van der Waals surface area (Å²) in [6.07, 6.45) is 9.79. The Morgan fingerprint density at radius 2 is 1.52 bits per heavy atom. The molecule has 3 aromatic carbocycles. The average Bonchev–Trinajstić information content (AvgIpc) is 3.00. The number of anilines is 2. The minimum atomic E-state index is -0.264. The minimum Gasteiger partial charge on any atom is -0.493 e. The van der Waals surface area contributed by atoms with Gasteiger partial charge in [-0.2, -0.15) is 5.10 Å². The highest BCUT2D eigenvalue weighted by Gasteiger charge is 2.51. The maximum atomic E-state index is 12.7. The second-order valence-corrected chi connectivity index (χ2v) is 13.0. The molecule has 2 amide bonds. The highest BCUT2D eigenvalue weighted by atomic mass is 16.5. The number of ether oxygens (including phenoxy) is 2. The van der Waals surface area contributed by atoms with Crippen LogP contribution in [0.5, 0.6) is 11.5 Å². The zero-order chi connectivity index (χ0) is 30.7. The van der Waals surface area contributed by atoms with Gasteiger partial charge in [0, 0.05) is 11.4 Å². The molecule has 4 aliphatic rings. The van der Waals surface area contributed by atoms with E-state index in [1.807, 2.05) is 44.2 Å². The number of amides is 2. The largest absolute Gasteiger partial charge is 0.493 e. The van der Waals surface area contributed by atoms with E-state index in [-0.39, 0.29) is 25.0 Å². The molecule has 4 bridgehead atoms. The highest BCUT2D eigenvalue weighted by molar-refractivity contribution is 5.92. The van der Waals surface area contributed by atoms with Crippen LogP contribution in [-0.2, 0) is 15.0 Å². The van der Waals surface area contributed by atoms with Crippen LogP contribution in [0.25, 0.3) is 0 Å². The third kappa shape index (κ3) is 6.74. The van der Waals surface area contributed by atoms with Gasteiger partial charge in [0.05, 0.1) is 19.9 Å². The summed E-state index contributed by atoms with van der Waals surface area (Å²) in [5, 5.41) is 10.1. The Bertz CT molecular complexity index is 1510. The zero-order valence-corrected chi connectivity index (χ0v) is 25.8. The van der Waals surface area contributed by atoms with E-state index in [9.17, 15) is 9.59 Å². The molecule has 4 saturated carbocycles. The smallest absolute Gasteiger partial charge is 0.262 e. The number of nitrogens with zero attached hydrogens (tertiary/aromatic N) is 1. The van der Waals surface area contributed by atoms with Crippen LogP contribution in [0.2, 0.25) is 0 Å². The molecule has 0 heterocycles. The van der Waals surface area contributed by atoms with Crippen molar-refractivity contribution < 1.29 is 19.1 Å². The number of hydrazone groups is 1. The summed E-state index contributed by atoms with van der Waals surface area (Å²) < 4.78 is 11.2. The second-order valence-electron chi connectivity index (χ2n) is 13.0. The number of nitrogens with one attached hydrogen (secondary N) is 3. The predicted octanol–water partition coefficient (Wildman–Crippen LogP) is 6.36. The Morgan fingerprint density at radius 3 is 2.18 bits per heavy atom. The molecule has 0 aliphatic heterocycles. The summed E-state index contributed by atoms with van der Waals surface area (Å²) in [6.45, 7) is 4.03. The van der Waals surface area contributed by atoms with Crippen molar-refractivity contribution in [3.63, 3.8) is 0 Å². The first kappa shape index (κ1) is 29.7. The van der Waals surface area contributed by atoms with Crippen LogP contribution < -0.4 is 25.5 Å². The third-order valence-electron chi connectivity index (χ3n) is 9.73. The monoisotopic (exact) mass is 594 g/mol. The normalized spacial score (nSPS) is 23.4. The first-order valence-corrected chi connectivity index (χ1v) is 15.6. The molecule has 4 fully saturated rings. The molecule has 44 heavy (non-hydrogen) atoms. The topological polar surface area (TPSA) is 101 Å². The first-order valence-electron chi connectivity index (χ1n) is 15.6. The van der Waals surface area contributed by atoms with E-state index in [1.165, 1.54) is 63.0 Å². The zero-order valence-electron chi connectivity index (χ0n) is 25.8. The summed E-state index contributed by atoms with van der Waals surface area (Å²) in [5.74, 6) is 3.11. The second kappa shape index (κ2) is 12.7. The molecule has 7 rings (SSSR count). The van der Waals surface area contributed by atoms with E-state index >= 15 is 0 Å². The molecule has 0 atom stereocenters. The van der Waals surface area contributed by atoms with Crippen molar-refractivity contribution in [2.24, 2.45) is 22.9 Å². The summed E-state index contributed by atoms with van der Waals surface area (Å²) in [5.41, 5.74) is 9.03. The number of aryl methyl sites for hydroxylation is 2. The van der Waals surface area contributed by atoms with Crippen LogP contribution in [0.1, 0.15) is 60.8 Å². The molecule has 0 spiro atoms. The quantitative estimate of drug-likeness (QED) is 0.177. The lowest BCUT2D eigenvalue weighted by Crippen LogP contribution is -2.48. The molecule has 4 aliphatic carbocycles. The van der Waals surface area contributed by atoms with Gasteiger partial charge in [-0.3, -0.25) is 9.59 Å². The minimum absolute atomic E-state index is 0.101. The van der Waals surface area contributed by atoms with Crippen molar-refractivity contribution in [3.8, 4) is 11.5 Å². The number of benzene rings is 3. The fourth-order valence-electron chi connectivity index (χ4n) is 7.85. The van der Waals surface area contributed by atoms with Crippen LogP contribution in [0.15, 0.2) is 65.8 Å². The van der Waals surface area contributed by atoms with Crippen LogP contribution in [-0.4, -0.2) is 38.3 Å². The molecule has 8 heteroatoms. The standard InChI is InChI=1S/C36H42N4O4/c1-23-4-8-31(12-24(23)2)37-21-34(41)40-38-20-25-5-11-32(33(16-25)43-3)44-22-35(42)39-30-9-6-29(7-10-30)36-17-26-13-27(18-36)15-28(14-26)19-36/h4-12,16,20,26-28,37H,13-15,17-19,21-22H2,1-3H3,(H,39,42)(H,40,41)/b38-20-. The van der Waals surface area contributed by atoms with Crippen LogP contribution in [0, 0.1) is 31.6 Å². The van der Waals surface area contributed by atoms with E-state index in [4.69, 9.17) is 9.47 Å². The number of carbonyl (C=O) groups is 2. The fraction of sp³-hybridized carbons (Fsp3) is 0.417. The number of hydrogen-bond acceptors (Lipinski definition) is 6. The van der Waals surface area contributed by atoms with Crippen molar-refractivity contribution in [2.45, 2.75) is 57.8 Å². The van der Waals surface area contributed by atoms with Crippen molar-refractivity contribution in [1.29, 1.82) is 0 Å². The van der Waals surface area contributed by atoms with Crippen LogP contribution >= 0.6 is 0 Å². The van der Waals surface area contributed by atoms with E-state index in [0.717, 1.165) is 34.7 Å². The molecular formula is C36H42N4O4. The van der Waals surface area contributed by atoms with Gasteiger partial charge < -0.3 is 20.1 Å². The van der Waals surface area contributed by atoms with Gasteiger partial charge in [0.15, 0.2) is 18.1 Å². The third-order valence-corrected chi connectivity index (χ3v) is 9.73. The van der Waals surface area contributed by atoms with Crippen molar-refractivity contribution >= 4 is 29.4 Å². The number of methoxy groups -OCH3 is 1. The van der Waals surface area contributed by atoms with Gasteiger partial charge in [-0.15, -0.1) is 0 Å². The fourth-order valence-corrected chi connectivity index (χ4v) is 7.85. The molecule has 0 unspecified atom stereocenters. The lowest BCUT2D eigenvalue weighted by atomic mass is 9.48. The predicted molar refractivity (Wildman–Crippen MR) is 174 cm³/mol. The Balaban J connectivity index is 0.970. The van der Waals surface area contributed by atoms with Gasteiger partial charge in [0.2, 0.25) is 0 Å². The number of hydrogen-bond donors (Lipinski definition) is 3. The van der Waals surface area contributed by atoms with E-state index in [2.05, 4.69) is 33.3 Å². The Kier molecular flexibility index (Phi) is 8.60. The van der Waals surface area contributed by atoms with Gasteiger partial charge in [0.1, 0.15) is 0 Å². The van der Waals surface area contributed by atoms with Crippen LogP contribution in [0.4, 0.5) is 11.4 Å². The van der Waals surface area contributed by atoms with Crippen molar-refractivity contribution in [2.75, 3.05) is 30.9 Å². The summed E-state index contributed by atoms with van der Waals surface area (Å²) >= 11 is 0. The average molecular weight is 595 g/mol. The Morgan fingerprint density at radius 1 is 0.841 bits per heavy atom. The van der Waals surface area contributed by atoms with Gasteiger partial charge in [-0.05, 0) is 140 Å². The highest BCUT2D eigenvalue weighted by Crippen LogP contribution is 2.60. The first-order chi connectivity index (χ1) is 21.3. The van der Waals surface area contributed by atoms with Gasteiger partial charge in [-0.25, -0.2) is 5.43 Å². The van der Waals surface area contributed by atoms with Gasteiger partial charge >= 0.3 is 0 Å².